The number of carbonyl (C=O) groups excluding carboxylic acids is 1. The summed E-state index contributed by atoms with van der Waals surface area (Å²) in [5.74, 6) is 0.720. The number of hydrogen-bond donors (Lipinski definition) is 0. The Balaban J connectivity index is 1.84. The lowest BCUT2D eigenvalue weighted by molar-refractivity contribution is -0.137. The summed E-state index contributed by atoms with van der Waals surface area (Å²) < 4.78 is 37.6. The number of methoxy groups -OCH3 is 1. The molecule has 0 spiro atoms. The van der Waals surface area contributed by atoms with Gasteiger partial charge in [-0.25, -0.2) is 8.42 Å². The summed E-state index contributed by atoms with van der Waals surface area (Å²) in [6, 6.07) is 14.3. The lowest BCUT2D eigenvalue weighted by Gasteiger charge is -2.36. The monoisotopic (exact) mass is 404 g/mol. The highest BCUT2D eigenvalue weighted by molar-refractivity contribution is 7.92. The molecule has 1 heterocycles. The van der Waals surface area contributed by atoms with Crippen LogP contribution in [-0.2, 0) is 21.4 Å². The molecule has 0 N–H and O–H groups in total. The number of carbonyl (C=O) groups is 1. The molecule has 7 nitrogen and oxygen atoms in total. The van der Waals surface area contributed by atoms with E-state index in [0.717, 1.165) is 5.56 Å². The molecule has 0 aromatic heterocycles. The first kappa shape index (κ1) is 20.0. The molecule has 2 aromatic carbocycles. The quantitative estimate of drug-likeness (QED) is 0.738. The smallest absolute Gasteiger partial charge is 0.265 e. The fourth-order valence-electron chi connectivity index (χ4n) is 3.16. The van der Waals surface area contributed by atoms with E-state index < -0.39 is 16.1 Å². The molecule has 0 aliphatic carbocycles. The van der Waals surface area contributed by atoms with Crippen LogP contribution in [0.4, 0.5) is 5.69 Å². The minimum absolute atomic E-state index is 0.0533. The van der Waals surface area contributed by atoms with Gasteiger partial charge in [-0.05, 0) is 25.1 Å². The number of hydrogen-bond acceptors (Lipinski definition) is 5. The minimum Gasteiger partial charge on any atom is -0.496 e. The van der Waals surface area contributed by atoms with Crippen LogP contribution in [0.25, 0.3) is 0 Å². The Morgan fingerprint density at radius 1 is 1.21 bits per heavy atom. The number of nitrogens with zero attached hydrogens (tertiary/aromatic N) is 2. The number of amides is 1. The number of sulfonamides is 1. The molecule has 2 aromatic rings. The predicted octanol–water partition coefficient (Wildman–Crippen LogP) is 2.27. The molecule has 8 heteroatoms. The van der Waals surface area contributed by atoms with Crippen LogP contribution < -0.4 is 13.8 Å². The number of benzene rings is 2. The van der Waals surface area contributed by atoms with E-state index in [1.54, 1.807) is 45.3 Å². The van der Waals surface area contributed by atoms with Crippen LogP contribution in [0.1, 0.15) is 12.5 Å². The Labute approximate surface area is 165 Å². The summed E-state index contributed by atoms with van der Waals surface area (Å²) in [5.41, 5.74) is 1.32. The number of para-hydroxylation sites is 3. The second kappa shape index (κ2) is 8.10. The standard InChI is InChI=1S/C20H24N2O5S/c1-4-28(24,25)22-14-19(27-18-12-8-6-10-16(18)22)20(23)21(2)13-15-9-5-7-11-17(15)26-3/h5-12,19H,4,13-14H2,1-3H3. The second-order valence-corrected chi connectivity index (χ2v) is 8.69. The van der Waals surface area contributed by atoms with Gasteiger partial charge in [-0.15, -0.1) is 0 Å². The lowest BCUT2D eigenvalue weighted by Crippen LogP contribution is -2.51. The van der Waals surface area contributed by atoms with Gasteiger partial charge < -0.3 is 14.4 Å². The first-order valence-corrected chi connectivity index (χ1v) is 10.6. The Hall–Kier alpha value is -2.74. The molecular formula is C20H24N2O5S. The van der Waals surface area contributed by atoms with Crippen molar-refractivity contribution < 1.29 is 22.7 Å². The molecule has 0 radical (unpaired) electrons. The van der Waals surface area contributed by atoms with Crippen molar-refractivity contribution in [3.05, 3.63) is 54.1 Å². The zero-order valence-corrected chi connectivity index (χ0v) is 17.0. The van der Waals surface area contributed by atoms with E-state index in [1.807, 2.05) is 24.3 Å². The highest BCUT2D eigenvalue weighted by Gasteiger charge is 2.37. The summed E-state index contributed by atoms with van der Waals surface area (Å²) in [6.45, 7) is 1.85. The normalized spacial score (nSPS) is 16.1. The average Bonchev–Trinajstić information content (AvgIpc) is 2.72. The zero-order valence-electron chi connectivity index (χ0n) is 16.2. The third-order valence-corrected chi connectivity index (χ3v) is 6.43. The zero-order chi connectivity index (χ0) is 20.3. The Morgan fingerprint density at radius 3 is 2.61 bits per heavy atom. The van der Waals surface area contributed by atoms with Crippen LogP contribution >= 0.6 is 0 Å². The molecule has 1 aliphatic heterocycles. The van der Waals surface area contributed by atoms with Gasteiger partial charge in [0.2, 0.25) is 10.0 Å². The van der Waals surface area contributed by atoms with E-state index >= 15 is 0 Å². The maximum atomic E-state index is 13.0. The van der Waals surface area contributed by atoms with Crippen molar-refractivity contribution >= 4 is 21.6 Å². The lowest BCUT2D eigenvalue weighted by atomic mass is 10.1. The van der Waals surface area contributed by atoms with Crippen molar-refractivity contribution in [1.29, 1.82) is 0 Å². The molecule has 1 unspecified atom stereocenters. The molecule has 0 saturated carbocycles. The molecule has 1 amide bonds. The van der Waals surface area contributed by atoms with E-state index in [4.69, 9.17) is 9.47 Å². The molecule has 1 atom stereocenters. The molecule has 0 bridgehead atoms. The van der Waals surface area contributed by atoms with Gasteiger partial charge in [0.25, 0.3) is 5.91 Å². The third-order valence-electron chi connectivity index (χ3n) is 4.69. The number of rotatable bonds is 6. The highest BCUT2D eigenvalue weighted by atomic mass is 32.2. The van der Waals surface area contributed by atoms with E-state index in [1.165, 1.54) is 9.21 Å². The summed E-state index contributed by atoms with van der Waals surface area (Å²) in [7, 11) is -0.291. The van der Waals surface area contributed by atoms with Crippen molar-refractivity contribution in [2.24, 2.45) is 0 Å². The minimum atomic E-state index is -3.53. The molecular weight excluding hydrogens is 380 g/mol. The van der Waals surface area contributed by atoms with Gasteiger partial charge in [0.15, 0.2) is 6.10 Å². The summed E-state index contributed by atoms with van der Waals surface area (Å²) in [6.07, 6.45) is -0.920. The molecule has 0 saturated heterocycles. The molecule has 3 rings (SSSR count). The van der Waals surface area contributed by atoms with Crippen LogP contribution in [0.5, 0.6) is 11.5 Å². The Kier molecular flexibility index (Phi) is 5.79. The first-order chi connectivity index (χ1) is 13.4. The van der Waals surface area contributed by atoms with Crippen molar-refractivity contribution in [3.8, 4) is 11.5 Å². The molecule has 28 heavy (non-hydrogen) atoms. The Bertz CT molecular complexity index is 961. The summed E-state index contributed by atoms with van der Waals surface area (Å²) >= 11 is 0. The largest absolute Gasteiger partial charge is 0.496 e. The van der Waals surface area contributed by atoms with E-state index in [0.29, 0.717) is 23.7 Å². The fourth-order valence-corrected chi connectivity index (χ4v) is 4.29. The van der Waals surface area contributed by atoms with Gasteiger partial charge in [-0.3, -0.25) is 9.10 Å². The highest BCUT2D eigenvalue weighted by Crippen LogP contribution is 2.35. The second-order valence-electron chi connectivity index (χ2n) is 6.51. The molecule has 0 fully saturated rings. The van der Waals surface area contributed by atoms with Gasteiger partial charge in [-0.1, -0.05) is 30.3 Å². The fraction of sp³-hybridized carbons (Fsp3) is 0.350. The van der Waals surface area contributed by atoms with E-state index in [2.05, 4.69) is 0 Å². The number of fused-ring (bicyclic) bond motifs is 1. The average molecular weight is 404 g/mol. The van der Waals surface area contributed by atoms with Crippen LogP contribution in [0.3, 0.4) is 0 Å². The van der Waals surface area contributed by atoms with Crippen molar-refractivity contribution in [2.45, 2.75) is 19.6 Å². The van der Waals surface area contributed by atoms with Gasteiger partial charge in [-0.2, -0.15) is 0 Å². The van der Waals surface area contributed by atoms with Gasteiger partial charge in [0.05, 0.1) is 25.1 Å². The predicted molar refractivity (Wildman–Crippen MR) is 107 cm³/mol. The SMILES string of the molecule is CCS(=O)(=O)N1CC(C(=O)N(C)Cc2ccccc2OC)Oc2ccccc21. The first-order valence-electron chi connectivity index (χ1n) is 9.00. The van der Waals surface area contributed by atoms with Gasteiger partial charge in [0.1, 0.15) is 11.5 Å². The van der Waals surface area contributed by atoms with Gasteiger partial charge in [0, 0.05) is 19.2 Å². The summed E-state index contributed by atoms with van der Waals surface area (Å²) in [5, 5.41) is 0. The molecule has 1 aliphatic rings. The van der Waals surface area contributed by atoms with Crippen LogP contribution in [0.2, 0.25) is 0 Å². The molecule has 150 valence electrons. The maximum absolute atomic E-state index is 13.0. The van der Waals surface area contributed by atoms with E-state index in [-0.39, 0.29) is 18.2 Å². The topological polar surface area (TPSA) is 76.2 Å². The van der Waals surface area contributed by atoms with Gasteiger partial charge >= 0.3 is 0 Å². The van der Waals surface area contributed by atoms with Crippen molar-refractivity contribution in [2.75, 3.05) is 30.8 Å². The van der Waals surface area contributed by atoms with Crippen LogP contribution in [-0.4, -0.2) is 51.8 Å². The van der Waals surface area contributed by atoms with Crippen molar-refractivity contribution in [3.63, 3.8) is 0 Å². The number of ether oxygens (including phenoxy) is 2. The van der Waals surface area contributed by atoms with Crippen LogP contribution in [0, 0.1) is 0 Å². The van der Waals surface area contributed by atoms with Crippen molar-refractivity contribution in [1.82, 2.24) is 4.90 Å². The third kappa shape index (κ3) is 3.91. The van der Waals surface area contributed by atoms with Crippen LogP contribution in [0.15, 0.2) is 48.5 Å². The number of likely N-dealkylation sites (N-methyl/N-ethyl adjacent to an activating group) is 1. The Morgan fingerprint density at radius 2 is 1.89 bits per heavy atom. The van der Waals surface area contributed by atoms with E-state index in [9.17, 15) is 13.2 Å². The number of anilines is 1. The maximum Gasteiger partial charge on any atom is 0.265 e. The summed E-state index contributed by atoms with van der Waals surface area (Å²) in [4.78, 5) is 14.5.